The van der Waals surface area contributed by atoms with Crippen molar-refractivity contribution in [3.05, 3.63) is 17.5 Å². The number of amides is 1. The van der Waals surface area contributed by atoms with E-state index in [-0.39, 0.29) is 11.8 Å². The summed E-state index contributed by atoms with van der Waals surface area (Å²) in [6.45, 7) is 6.78. The van der Waals surface area contributed by atoms with Crippen molar-refractivity contribution in [2.75, 3.05) is 13.1 Å². The summed E-state index contributed by atoms with van der Waals surface area (Å²) >= 11 is 0. The van der Waals surface area contributed by atoms with Crippen molar-refractivity contribution in [3.63, 3.8) is 0 Å². The monoisotopic (exact) mass is 293 g/mol. The molecule has 2 rings (SSSR count). The number of nitrogens with zero attached hydrogens (tertiary/aromatic N) is 2. The number of H-pyrrole nitrogens is 1. The quantitative estimate of drug-likeness (QED) is 0.829. The van der Waals surface area contributed by atoms with Crippen LogP contribution < -0.4 is 0 Å². The molecular weight excluding hydrogens is 270 g/mol. The second kappa shape index (κ2) is 6.28. The molecule has 2 N–H and O–H groups in total. The highest BCUT2D eigenvalue weighted by Gasteiger charge is 2.35. The van der Waals surface area contributed by atoms with Crippen LogP contribution in [0.3, 0.4) is 0 Å². The molecule has 0 radical (unpaired) electrons. The number of piperidine rings is 1. The molecular formula is C15H23N3O3. The highest BCUT2D eigenvalue weighted by Crippen LogP contribution is 2.30. The van der Waals surface area contributed by atoms with Gasteiger partial charge in [-0.2, -0.15) is 5.10 Å². The Kier molecular flexibility index (Phi) is 4.65. The molecule has 1 atom stereocenters. The van der Waals surface area contributed by atoms with Crippen molar-refractivity contribution in [1.82, 2.24) is 15.1 Å². The smallest absolute Gasteiger partial charge is 0.316 e. The Morgan fingerprint density at radius 2 is 2.00 bits per heavy atom. The molecule has 116 valence electrons. The molecule has 1 aliphatic heterocycles. The fourth-order valence-corrected chi connectivity index (χ4v) is 3.06. The molecule has 1 aliphatic rings. The second-order valence-corrected chi connectivity index (χ2v) is 6.11. The number of carboxylic acid groups (broad SMARTS) is 1. The Morgan fingerprint density at radius 1 is 1.38 bits per heavy atom. The number of rotatable bonds is 4. The van der Waals surface area contributed by atoms with Gasteiger partial charge >= 0.3 is 5.97 Å². The van der Waals surface area contributed by atoms with Crippen molar-refractivity contribution < 1.29 is 14.7 Å². The zero-order valence-electron chi connectivity index (χ0n) is 12.8. The van der Waals surface area contributed by atoms with E-state index >= 15 is 0 Å². The van der Waals surface area contributed by atoms with Gasteiger partial charge in [-0.3, -0.25) is 14.7 Å². The second-order valence-electron chi connectivity index (χ2n) is 6.11. The predicted molar refractivity (Wildman–Crippen MR) is 77.8 cm³/mol. The summed E-state index contributed by atoms with van der Waals surface area (Å²) < 4.78 is 0. The number of carbonyl (C=O) groups is 2. The minimum atomic E-state index is -1.03. The molecule has 0 aliphatic carbocycles. The summed E-state index contributed by atoms with van der Waals surface area (Å²) in [5.74, 6) is -2.00. The molecule has 0 bridgehead atoms. The summed E-state index contributed by atoms with van der Waals surface area (Å²) in [4.78, 5) is 25.3. The lowest BCUT2D eigenvalue weighted by atomic mass is 9.88. The molecule has 6 heteroatoms. The predicted octanol–water partition coefficient (Wildman–Crippen LogP) is 1.78. The van der Waals surface area contributed by atoms with Crippen LogP contribution in [0.2, 0.25) is 0 Å². The van der Waals surface area contributed by atoms with E-state index in [4.69, 9.17) is 0 Å². The molecule has 1 aromatic heterocycles. The number of likely N-dealkylation sites (tertiary alicyclic amines) is 1. The first-order chi connectivity index (χ1) is 9.91. The van der Waals surface area contributed by atoms with Crippen LogP contribution in [0.15, 0.2) is 6.20 Å². The molecule has 6 nitrogen and oxygen atoms in total. The summed E-state index contributed by atoms with van der Waals surface area (Å²) in [5.41, 5.74) is 2.28. The lowest BCUT2D eigenvalue weighted by molar-refractivity contribution is -0.153. The van der Waals surface area contributed by atoms with E-state index in [1.165, 1.54) is 5.56 Å². The summed E-state index contributed by atoms with van der Waals surface area (Å²) in [6, 6.07) is 0. The third-order valence-electron chi connectivity index (χ3n) is 4.31. The molecule has 2 heterocycles. The molecule has 0 saturated carbocycles. The minimum absolute atomic E-state index is 0.191. The zero-order valence-corrected chi connectivity index (χ0v) is 12.8. The van der Waals surface area contributed by atoms with Crippen LogP contribution in [-0.4, -0.2) is 45.2 Å². The third-order valence-corrected chi connectivity index (χ3v) is 4.31. The maximum Gasteiger partial charge on any atom is 0.316 e. The van der Waals surface area contributed by atoms with Crippen molar-refractivity contribution in [3.8, 4) is 0 Å². The van der Waals surface area contributed by atoms with Gasteiger partial charge in [-0.15, -0.1) is 0 Å². The van der Waals surface area contributed by atoms with E-state index in [0.717, 1.165) is 18.5 Å². The molecule has 1 saturated heterocycles. The van der Waals surface area contributed by atoms with Crippen molar-refractivity contribution in [2.45, 2.75) is 39.5 Å². The highest BCUT2D eigenvalue weighted by molar-refractivity contribution is 5.97. The van der Waals surface area contributed by atoms with Gasteiger partial charge in [0, 0.05) is 18.8 Å². The normalized spacial score (nSPS) is 18.0. The first-order valence-corrected chi connectivity index (χ1v) is 7.43. The number of aliphatic carboxylic acids is 1. The van der Waals surface area contributed by atoms with Crippen LogP contribution in [0, 0.1) is 18.8 Å². The fraction of sp³-hybridized carbons (Fsp3) is 0.667. The standard InChI is InChI=1S/C15H23N3O3/c1-9(2)13(15(20)21)14(19)18-6-4-11(5-7-18)12-8-16-17-10(12)3/h8-9,11,13H,4-7H2,1-3H3,(H,16,17)(H,20,21). The van der Waals surface area contributed by atoms with Gasteiger partial charge in [-0.25, -0.2) is 0 Å². The van der Waals surface area contributed by atoms with Gasteiger partial charge in [0.1, 0.15) is 5.92 Å². The van der Waals surface area contributed by atoms with Crippen LogP contribution in [0.25, 0.3) is 0 Å². The van der Waals surface area contributed by atoms with E-state index < -0.39 is 11.9 Å². The Balaban J connectivity index is 1.99. The van der Waals surface area contributed by atoms with Crippen LogP contribution in [0.5, 0.6) is 0 Å². The van der Waals surface area contributed by atoms with Crippen molar-refractivity contribution in [2.24, 2.45) is 11.8 Å². The summed E-state index contributed by atoms with van der Waals surface area (Å²) in [5, 5.41) is 16.2. The highest BCUT2D eigenvalue weighted by atomic mass is 16.4. The largest absolute Gasteiger partial charge is 0.481 e. The Morgan fingerprint density at radius 3 is 2.43 bits per heavy atom. The van der Waals surface area contributed by atoms with Gasteiger partial charge < -0.3 is 10.0 Å². The number of aryl methyl sites for hydroxylation is 1. The number of aromatic nitrogens is 2. The summed E-state index contributed by atoms with van der Waals surface area (Å²) in [6.07, 6.45) is 3.57. The van der Waals surface area contributed by atoms with Crippen LogP contribution in [0.4, 0.5) is 0 Å². The average Bonchev–Trinajstić information content (AvgIpc) is 2.84. The van der Waals surface area contributed by atoms with E-state index in [0.29, 0.717) is 19.0 Å². The number of carbonyl (C=O) groups excluding carboxylic acids is 1. The van der Waals surface area contributed by atoms with E-state index in [2.05, 4.69) is 10.2 Å². The fourth-order valence-electron chi connectivity index (χ4n) is 3.06. The topological polar surface area (TPSA) is 86.3 Å². The Bertz CT molecular complexity index is 516. The van der Waals surface area contributed by atoms with Gasteiger partial charge in [0.05, 0.1) is 6.20 Å². The lowest BCUT2D eigenvalue weighted by Gasteiger charge is -2.34. The maximum absolute atomic E-state index is 12.4. The Labute approximate surface area is 124 Å². The Hall–Kier alpha value is -1.85. The van der Waals surface area contributed by atoms with E-state index in [9.17, 15) is 14.7 Å². The minimum Gasteiger partial charge on any atom is -0.481 e. The number of nitrogens with one attached hydrogen (secondary N) is 1. The first kappa shape index (κ1) is 15.5. The molecule has 1 unspecified atom stereocenters. The molecule has 1 aromatic rings. The van der Waals surface area contributed by atoms with E-state index in [1.807, 2.05) is 13.1 Å². The zero-order chi connectivity index (χ0) is 15.6. The van der Waals surface area contributed by atoms with Gasteiger partial charge in [0.25, 0.3) is 0 Å². The van der Waals surface area contributed by atoms with Crippen molar-refractivity contribution >= 4 is 11.9 Å². The molecule has 1 fully saturated rings. The average molecular weight is 293 g/mol. The van der Waals surface area contributed by atoms with Crippen LogP contribution in [0.1, 0.15) is 43.9 Å². The number of carboxylic acids is 1. The van der Waals surface area contributed by atoms with Gasteiger partial charge in [0.15, 0.2) is 0 Å². The maximum atomic E-state index is 12.4. The first-order valence-electron chi connectivity index (χ1n) is 7.43. The van der Waals surface area contributed by atoms with Gasteiger partial charge in [0.2, 0.25) is 5.91 Å². The van der Waals surface area contributed by atoms with Gasteiger partial charge in [-0.05, 0) is 37.2 Å². The molecule has 0 spiro atoms. The number of hydrogen-bond donors (Lipinski definition) is 2. The number of aromatic amines is 1. The third kappa shape index (κ3) is 3.25. The van der Waals surface area contributed by atoms with E-state index in [1.54, 1.807) is 18.7 Å². The molecule has 1 amide bonds. The SMILES string of the molecule is Cc1[nH]ncc1C1CCN(C(=O)C(C(=O)O)C(C)C)CC1. The lowest BCUT2D eigenvalue weighted by Crippen LogP contribution is -2.45. The molecule has 21 heavy (non-hydrogen) atoms. The van der Waals surface area contributed by atoms with Gasteiger partial charge in [-0.1, -0.05) is 13.8 Å². The van der Waals surface area contributed by atoms with Crippen molar-refractivity contribution in [1.29, 1.82) is 0 Å². The summed E-state index contributed by atoms with van der Waals surface area (Å²) in [7, 11) is 0. The molecule has 0 aromatic carbocycles. The number of hydrogen-bond acceptors (Lipinski definition) is 3. The van der Waals surface area contributed by atoms with Crippen LogP contribution >= 0.6 is 0 Å². The van der Waals surface area contributed by atoms with Crippen LogP contribution in [-0.2, 0) is 9.59 Å².